The monoisotopic (exact) mass is 221 g/mol. The van der Waals surface area contributed by atoms with Crippen molar-refractivity contribution in [3.05, 3.63) is 34.3 Å². The van der Waals surface area contributed by atoms with Crippen LogP contribution in [0.5, 0.6) is 0 Å². The number of hydrogen-bond donors (Lipinski definition) is 2. The van der Waals surface area contributed by atoms with Crippen LogP contribution in [0.4, 0.5) is 0 Å². The first-order chi connectivity index (χ1) is 7.56. The number of Topliss-reactive ketones (excluding diaryl/α,β-unsaturated/α-hetero) is 1. The quantitative estimate of drug-likeness (QED) is 0.589. The van der Waals surface area contributed by atoms with Gasteiger partial charge in [0.25, 0.3) is 0 Å². The minimum absolute atomic E-state index is 0.206. The standard InChI is InChI=1S/C10H7NO5/c12-7(4-9(13)14)5-1-2-6-8(3-5)16-10(15)11-6/h1-3H,4H2,(H,11,15)(H,13,14). The summed E-state index contributed by atoms with van der Waals surface area (Å²) in [5.41, 5.74) is 0.913. The number of aliphatic carboxylic acids is 1. The van der Waals surface area contributed by atoms with Crippen molar-refractivity contribution in [2.45, 2.75) is 6.42 Å². The summed E-state index contributed by atoms with van der Waals surface area (Å²) in [6, 6.07) is 4.28. The van der Waals surface area contributed by atoms with E-state index in [1.54, 1.807) is 0 Å². The van der Waals surface area contributed by atoms with Crippen LogP contribution in [0, 0.1) is 0 Å². The van der Waals surface area contributed by atoms with Gasteiger partial charge in [-0.15, -0.1) is 0 Å². The minimum Gasteiger partial charge on any atom is -0.481 e. The van der Waals surface area contributed by atoms with E-state index < -0.39 is 23.9 Å². The number of H-pyrrole nitrogens is 1. The predicted molar refractivity (Wildman–Crippen MR) is 53.4 cm³/mol. The van der Waals surface area contributed by atoms with Crippen LogP contribution in [0.3, 0.4) is 0 Å². The van der Waals surface area contributed by atoms with Crippen LogP contribution in [-0.4, -0.2) is 21.8 Å². The van der Waals surface area contributed by atoms with Gasteiger partial charge in [0, 0.05) is 5.56 Å². The number of carbonyl (C=O) groups is 2. The molecule has 6 nitrogen and oxygen atoms in total. The summed E-state index contributed by atoms with van der Waals surface area (Å²) < 4.78 is 4.75. The molecule has 82 valence electrons. The van der Waals surface area contributed by atoms with Crippen LogP contribution >= 0.6 is 0 Å². The van der Waals surface area contributed by atoms with E-state index >= 15 is 0 Å². The minimum atomic E-state index is -1.19. The number of carboxylic acids is 1. The molecule has 2 N–H and O–H groups in total. The normalized spacial score (nSPS) is 10.5. The van der Waals surface area contributed by atoms with Crippen molar-refractivity contribution < 1.29 is 19.1 Å². The van der Waals surface area contributed by atoms with Crippen molar-refractivity contribution in [1.29, 1.82) is 0 Å². The molecule has 1 heterocycles. The summed E-state index contributed by atoms with van der Waals surface area (Å²) in [5.74, 6) is -2.34. The van der Waals surface area contributed by atoms with Gasteiger partial charge in [-0.2, -0.15) is 0 Å². The van der Waals surface area contributed by atoms with Gasteiger partial charge in [-0.3, -0.25) is 14.6 Å². The Kier molecular flexibility index (Phi) is 2.32. The Labute approximate surface area is 88.5 Å². The lowest BCUT2D eigenvalue weighted by Gasteiger charge is -1.96. The Hall–Kier alpha value is -2.37. The molecule has 0 radical (unpaired) electrons. The Bertz CT molecular complexity index is 621. The van der Waals surface area contributed by atoms with Gasteiger partial charge in [0.2, 0.25) is 0 Å². The van der Waals surface area contributed by atoms with Crippen LogP contribution in [0.25, 0.3) is 11.1 Å². The van der Waals surface area contributed by atoms with Crippen LogP contribution in [0.15, 0.2) is 27.4 Å². The lowest BCUT2D eigenvalue weighted by Crippen LogP contribution is -2.06. The molecule has 0 fully saturated rings. The first-order valence-corrected chi connectivity index (χ1v) is 4.44. The van der Waals surface area contributed by atoms with Crippen LogP contribution < -0.4 is 5.76 Å². The van der Waals surface area contributed by atoms with Gasteiger partial charge in [0.1, 0.15) is 6.42 Å². The van der Waals surface area contributed by atoms with Crippen LogP contribution in [0.1, 0.15) is 16.8 Å². The maximum atomic E-state index is 11.4. The molecule has 16 heavy (non-hydrogen) atoms. The number of nitrogens with one attached hydrogen (secondary N) is 1. The zero-order chi connectivity index (χ0) is 11.7. The molecule has 0 aliphatic rings. The Morgan fingerprint density at radius 2 is 2.12 bits per heavy atom. The fourth-order valence-corrected chi connectivity index (χ4v) is 1.36. The SMILES string of the molecule is O=C(O)CC(=O)c1ccc2[nH]c(=O)oc2c1. The molecule has 0 saturated heterocycles. The molecule has 0 bridgehead atoms. The van der Waals surface area contributed by atoms with E-state index in [4.69, 9.17) is 9.52 Å². The van der Waals surface area contributed by atoms with Gasteiger partial charge >= 0.3 is 11.7 Å². The summed E-state index contributed by atoms with van der Waals surface area (Å²) in [5, 5.41) is 8.46. The van der Waals surface area contributed by atoms with Gasteiger partial charge in [-0.05, 0) is 18.2 Å². The second-order valence-corrected chi connectivity index (χ2v) is 3.22. The van der Waals surface area contributed by atoms with E-state index in [0.29, 0.717) is 5.52 Å². The lowest BCUT2D eigenvalue weighted by molar-refractivity contribution is -0.135. The van der Waals surface area contributed by atoms with E-state index in [9.17, 15) is 14.4 Å². The molecule has 6 heteroatoms. The second-order valence-electron chi connectivity index (χ2n) is 3.22. The highest BCUT2D eigenvalue weighted by atomic mass is 16.4. The number of rotatable bonds is 3. The smallest absolute Gasteiger partial charge is 0.417 e. The largest absolute Gasteiger partial charge is 0.481 e. The van der Waals surface area contributed by atoms with Crippen molar-refractivity contribution in [2.75, 3.05) is 0 Å². The van der Waals surface area contributed by atoms with E-state index in [0.717, 1.165) is 0 Å². The molecule has 0 atom stereocenters. The molecule has 0 amide bonds. The average molecular weight is 221 g/mol. The number of fused-ring (bicyclic) bond motifs is 1. The molecule has 1 aromatic carbocycles. The summed E-state index contributed by atoms with van der Waals surface area (Å²) in [6.07, 6.45) is -0.583. The number of aromatic amines is 1. The van der Waals surface area contributed by atoms with Crippen LogP contribution in [0.2, 0.25) is 0 Å². The van der Waals surface area contributed by atoms with Crippen molar-refractivity contribution in [3.63, 3.8) is 0 Å². The van der Waals surface area contributed by atoms with Crippen molar-refractivity contribution >= 4 is 22.9 Å². The third-order valence-corrected chi connectivity index (χ3v) is 2.05. The number of carboxylic acid groups (broad SMARTS) is 1. The van der Waals surface area contributed by atoms with Gasteiger partial charge in [-0.25, -0.2) is 4.79 Å². The molecule has 2 aromatic rings. The number of hydrogen-bond acceptors (Lipinski definition) is 4. The van der Waals surface area contributed by atoms with E-state index in [-0.39, 0.29) is 11.1 Å². The van der Waals surface area contributed by atoms with E-state index in [1.807, 2.05) is 0 Å². The first-order valence-electron chi connectivity index (χ1n) is 4.44. The maximum Gasteiger partial charge on any atom is 0.417 e. The average Bonchev–Trinajstić information content (AvgIpc) is 2.55. The van der Waals surface area contributed by atoms with Crippen molar-refractivity contribution in [1.82, 2.24) is 4.98 Å². The third-order valence-electron chi connectivity index (χ3n) is 2.05. The Balaban J connectivity index is 2.42. The molecular weight excluding hydrogens is 214 g/mol. The molecule has 0 aliphatic carbocycles. The van der Waals surface area contributed by atoms with Gasteiger partial charge in [0.15, 0.2) is 11.4 Å². The van der Waals surface area contributed by atoms with Gasteiger partial charge in [0.05, 0.1) is 5.52 Å². The number of carbonyl (C=O) groups excluding carboxylic acids is 1. The van der Waals surface area contributed by atoms with Crippen molar-refractivity contribution in [2.24, 2.45) is 0 Å². The van der Waals surface area contributed by atoms with E-state index in [2.05, 4.69) is 4.98 Å². The Morgan fingerprint density at radius 3 is 2.81 bits per heavy atom. The zero-order valence-electron chi connectivity index (χ0n) is 8.02. The molecule has 1 aromatic heterocycles. The second kappa shape index (κ2) is 3.65. The Morgan fingerprint density at radius 1 is 1.38 bits per heavy atom. The number of aromatic nitrogens is 1. The zero-order valence-corrected chi connectivity index (χ0v) is 8.02. The maximum absolute atomic E-state index is 11.4. The first kappa shape index (κ1) is 10.2. The highest BCUT2D eigenvalue weighted by Crippen LogP contribution is 2.13. The summed E-state index contributed by atoms with van der Waals surface area (Å²) >= 11 is 0. The highest BCUT2D eigenvalue weighted by Gasteiger charge is 2.12. The highest BCUT2D eigenvalue weighted by molar-refractivity contribution is 6.06. The summed E-state index contributed by atoms with van der Waals surface area (Å²) in [7, 11) is 0. The number of ketones is 1. The molecule has 2 rings (SSSR count). The van der Waals surface area contributed by atoms with E-state index in [1.165, 1.54) is 18.2 Å². The molecule has 0 saturated carbocycles. The van der Waals surface area contributed by atoms with Gasteiger partial charge in [-0.1, -0.05) is 0 Å². The lowest BCUT2D eigenvalue weighted by atomic mass is 10.1. The predicted octanol–water partition coefficient (Wildman–Crippen LogP) is 0.779. The fraction of sp³-hybridized carbons (Fsp3) is 0.100. The van der Waals surface area contributed by atoms with Crippen molar-refractivity contribution in [3.8, 4) is 0 Å². The molecule has 0 unspecified atom stereocenters. The fourth-order valence-electron chi connectivity index (χ4n) is 1.36. The molecule has 0 spiro atoms. The summed E-state index contributed by atoms with van der Waals surface area (Å²) in [6.45, 7) is 0. The van der Waals surface area contributed by atoms with Crippen LogP contribution in [-0.2, 0) is 4.79 Å². The summed E-state index contributed by atoms with van der Waals surface area (Å²) in [4.78, 5) is 35.0. The number of benzene rings is 1. The molecule has 0 aliphatic heterocycles. The topological polar surface area (TPSA) is 100 Å². The van der Waals surface area contributed by atoms with Gasteiger partial charge < -0.3 is 9.52 Å². The third kappa shape index (κ3) is 1.85. The number of oxazole rings is 1. The molecular formula is C10H7NO5.